The van der Waals surface area contributed by atoms with E-state index in [2.05, 4.69) is 14.8 Å². The Morgan fingerprint density at radius 1 is 0.957 bits per heavy atom. The molecule has 5 N–H and O–H groups in total. The van der Waals surface area contributed by atoms with Crippen LogP contribution in [0.3, 0.4) is 0 Å². The molecule has 0 bridgehead atoms. The molecule has 2 atom stereocenters. The molecule has 2 amide bonds. The molecule has 10 rings (SSSR count). The molecule has 7 aromatic rings. The molecule has 0 saturated carbocycles. The minimum Gasteiger partial charge on any atom is -0.508 e. The fraction of sp³-hybridized carbons (Fsp3) is 0.385. The zero-order valence-corrected chi connectivity index (χ0v) is 39.7. The summed E-state index contributed by atoms with van der Waals surface area (Å²) in [5.41, 5.74) is 4.73. The van der Waals surface area contributed by atoms with Crippen molar-refractivity contribution in [2.45, 2.75) is 97.3 Å². The maximum absolute atomic E-state index is 14.2. The van der Waals surface area contributed by atoms with E-state index >= 15 is 0 Å². The second-order valence-electron chi connectivity index (χ2n) is 19.0. The van der Waals surface area contributed by atoms with Crippen LogP contribution in [0.4, 0.5) is 4.79 Å². The standard InChI is InChI=1S/C52H56N8O10/c1-6-33-35-21-32(61)9-10-40(35)53-46-37(33)25-59-42(46)23-39-38(48(59)65)27-69-49(66)52(39,7-2)70-51(68)56(5)26-45(64)58-17-13-29(14-18-58)12-16-57-19-15-30-20-31(8-11-41(30)57)60-47(54-55-50(60)67)36-22-34(28(3)4)43(62)24-44(36)63/h8-11,15,19-24,28-29,49,61-63,66H,6-7,12-14,16-18,25-27H2,1-5H3,(H,55,67)/t49?,52-/m0/s1. The number of rotatable bonds is 11. The van der Waals surface area contributed by atoms with Gasteiger partial charge in [-0.1, -0.05) is 32.8 Å². The lowest BCUT2D eigenvalue weighted by Crippen LogP contribution is -2.52. The Kier molecular flexibility index (Phi) is 11.8. The van der Waals surface area contributed by atoms with Crippen LogP contribution in [0.1, 0.15) is 87.1 Å². The first kappa shape index (κ1) is 46.3. The van der Waals surface area contributed by atoms with Crippen LogP contribution in [0.2, 0.25) is 0 Å². The molecule has 1 saturated heterocycles. The van der Waals surface area contributed by atoms with Gasteiger partial charge in [0.05, 0.1) is 46.9 Å². The van der Waals surface area contributed by atoms with Crippen molar-refractivity contribution in [1.29, 1.82) is 0 Å². The molecule has 18 heteroatoms. The highest BCUT2D eigenvalue weighted by atomic mass is 16.7. The zero-order valence-electron chi connectivity index (χ0n) is 39.7. The first-order chi connectivity index (χ1) is 33.6. The van der Waals surface area contributed by atoms with Crippen LogP contribution in [-0.2, 0) is 46.0 Å². The fourth-order valence-electron chi connectivity index (χ4n) is 10.7. The summed E-state index contributed by atoms with van der Waals surface area (Å²) in [6.45, 7) is 9.26. The van der Waals surface area contributed by atoms with Crippen LogP contribution in [0.5, 0.6) is 23.3 Å². The number of likely N-dealkylation sites (tertiary alicyclic amines) is 1. The number of phenols is 3. The van der Waals surface area contributed by atoms with Gasteiger partial charge in [-0.2, -0.15) is 0 Å². The number of fused-ring (bicyclic) bond motifs is 6. The second kappa shape index (κ2) is 17.8. The second-order valence-corrected chi connectivity index (χ2v) is 19.0. The van der Waals surface area contributed by atoms with Gasteiger partial charge in [0, 0.05) is 66.4 Å². The molecule has 1 unspecified atom stereocenters. The van der Waals surface area contributed by atoms with E-state index in [4.69, 9.17) is 14.5 Å². The normalized spacial score (nSPS) is 17.8. The number of piperidine rings is 1. The molecule has 1 fully saturated rings. The number of pyridine rings is 2. The number of aromatic nitrogens is 6. The molecule has 18 nitrogen and oxygen atoms in total. The first-order valence-electron chi connectivity index (χ1n) is 23.8. The van der Waals surface area contributed by atoms with Gasteiger partial charge in [0.15, 0.2) is 17.7 Å². The zero-order chi connectivity index (χ0) is 49.3. The predicted molar refractivity (Wildman–Crippen MR) is 259 cm³/mol. The SMILES string of the molecule is CCc1c2c(nc3ccc(O)cc13)-c1cc3c(c(=O)n1C2)COC(O)[C@@]3(CC)OC(=O)N(C)CC(=O)N1CCC(CCn2ccc3cc(-n4c(O)nnc4-c4cc(C(C)C)c(O)cc4O)ccc32)CC1. The number of hydrogen-bond donors (Lipinski definition) is 5. The lowest BCUT2D eigenvalue weighted by Gasteiger charge is -2.41. The lowest BCUT2D eigenvalue weighted by atomic mass is 9.84. The average Bonchev–Trinajstić information content (AvgIpc) is 4.05. The maximum Gasteiger partial charge on any atom is 0.411 e. The van der Waals surface area contributed by atoms with E-state index in [0.717, 1.165) is 53.2 Å². The fourth-order valence-corrected chi connectivity index (χ4v) is 10.7. The number of benzene rings is 3. The van der Waals surface area contributed by atoms with Gasteiger partial charge in [0.25, 0.3) is 5.56 Å². The van der Waals surface area contributed by atoms with E-state index in [0.29, 0.717) is 64.7 Å². The van der Waals surface area contributed by atoms with E-state index in [9.17, 15) is 39.9 Å². The molecule has 3 aliphatic rings. The number of carbonyl (C=O) groups excluding carboxylic acids is 2. The quantitative estimate of drug-likeness (QED) is 0.0882. The summed E-state index contributed by atoms with van der Waals surface area (Å²) >= 11 is 0. The van der Waals surface area contributed by atoms with Crippen LogP contribution in [0, 0.1) is 5.92 Å². The Morgan fingerprint density at radius 2 is 1.74 bits per heavy atom. The highest BCUT2D eigenvalue weighted by molar-refractivity contribution is 5.89. The molecule has 3 aromatic carbocycles. The monoisotopic (exact) mass is 952 g/mol. The number of aromatic hydroxyl groups is 4. The Morgan fingerprint density at radius 3 is 2.49 bits per heavy atom. The molecule has 0 aliphatic carbocycles. The lowest BCUT2D eigenvalue weighted by molar-refractivity contribution is -0.237. The number of aliphatic hydroxyl groups is 1. The van der Waals surface area contributed by atoms with Crippen LogP contribution < -0.4 is 5.56 Å². The number of amides is 2. The number of aryl methyl sites for hydroxylation is 2. The predicted octanol–water partition coefficient (Wildman–Crippen LogP) is 6.99. The van der Waals surface area contributed by atoms with Crippen molar-refractivity contribution in [2.75, 3.05) is 26.7 Å². The van der Waals surface area contributed by atoms with Crippen molar-refractivity contribution >= 4 is 33.8 Å². The van der Waals surface area contributed by atoms with E-state index in [1.165, 1.54) is 22.6 Å². The summed E-state index contributed by atoms with van der Waals surface area (Å²) in [6, 6.07) is 17.1. The van der Waals surface area contributed by atoms with Crippen molar-refractivity contribution in [3.8, 4) is 51.7 Å². The van der Waals surface area contributed by atoms with Gasteiger partial charge in [0.1, 0.15) is 23.8 Å². The number of carbonyl (C=O) groups is 2. The molecule has 4 aromatic heterocycles. The number of nitrogens with zero attached hydrogens (tertiary/aromatic N) is 8. The summed E-state index contributed by atoms with van der Waals surface area (Å²) in [7, 11) is 1.47. The maximum atomic E-state index is 14.2. The molecule has 3 aliphatic heterocycles. The van der Waals surface area contributed by atoms with Crippen LogP contribution in [0.25, 0.3) is 50.3 Å². The highest BCUT2D eigenvalue weighted by Crippen LogP contribution is 2.45. The molecule has 0 radical (unpaired) electrons. The molecule has 70 heavy (non-hydrogen) atoms. The number of ether oxygens (including phenoxy) is 2. The Balaban J connectivity index is 0.778. The summed E-state index contributed by atoms with van der Waals surface area (Å²) in [6.07, 6.45) is 2.77. The number of likely N-dealkylation sites (N-methyl/N-ethyl adjacent to an activating group) is 1. The summed E-state index contributed by atoms with van der Waals surface area (Å²) in [5, 5.41) is 63.4. The van der Waals surface area contributed by atoms with Gasteiger partial charge in [-0.15, -0.1) is 5.10 Å². The minimum absolute atomic E-state index is 0.0252. The highest BCUT2D eigenvalue weighted by Gasteiger charge is 2.50. The molecule has 0 spiro atoms. The van der Waals surface area contributed by atoms with Crippen molar-refractivity contribution in [1.82, 2.24) is 38.7 Å². The third-order valence-corrected chi connectivity index (χ3v) is 14.6. The third-order valence-electron chi connectivity index (χ3n) is 14.6. The van der Waals surface area contributed by atoms with Gasteiger partial charge in [0.2, 0.25) is 5.91 Å². The van der Waals surface area contributed by atoms with E-state index < -0.39 is 18.0 Å². The first-order valence-corrected chi connectivity index (χ1v) is 23.8. The summed E-state index contributed by atoms with van der Waals surface area (Å²) < 4.78 is 17.1. The summed E-state index contributed by atoms with van der Waals surface area (Å²) in [4.78, 5) is 49.6. The van der Waals surface area contributed by atoms with E-state index in [1.54, 1.807) is 46.7 Å². The van der Waals surface area contributed by atoms with Crippen molar-refractivity contribution < 1.29 is 44.6 Å². The minimum atomic E-state index is -1.75. The van der Waals surface area contributed by atoms with Gasteiger partial charge in [-0.05, 0) is 110 Å². The molecule has 364 valence electrons. The largest absolute Gasteiger partial charge is 0.508 e. The Bertz CT molecular complexity index is 3300. The van der Waals surface area contributed by atoms with E-state index in [-0.39, 0.29) is 78.1 Å². The van der Waals surface area contributed by atoms with E-state index in [1.807, 2.05) is 51.2 Å². The number of phenolic OH excluding ortho intramolecular Hbond substituents is 3. The van der Waals surface area contributed by atoms with Gasteiger partial charge >= 0.3 is 12.1 Å². The summed E-state index contributed by atoms with van der Waals surface area (Å²) in [5.74, 6) is 0.245. The molecule has 7 heterocycles. The van der Waals surface area contributed by atoms with Gasteiger partial charge < -0.3 is 53.9 Å². The Labute approximate surface area is 402 Å². The van der Waals surface area contributed by atoms with Crippen molar-refractivity contribution in [2.24, 2.45) is 5.92 Å². The molecular weight excluding hydrogens is 897 g/mol. The van der Waals surface area contributed by atoms with Gasteiger partial charge in [-0.25, -0.2) is 14.3 Å². The van der Waals surface area contributed by atoms with Crippen molar-refractivity contribution in [3.05, 3.63) is 105 Å². The van der Waals surface area contributed by atoms with Crippen LogP contribution in [0.15, 0.2) is 71.7 Å². The number of hydrogen-bond acceptors (Lipinski definition) is 13. The third kappa shape index (κ3) is 7.74. The Hall–Kier alpha value is -7.44. The smallest absolute Gasteiger partial charge is 0.411 e. The van der Waals surface area contributed by atoms with Crippen molar-refractivity contribution in [3.63, 3.8) is 0 Å². The van der Waals surface area contributed by atoms with Crippen LogP contribution in [-0.4, -0.2) is 109 Å². The number of aliphatic hydroxyl groups excluding tert-OH is 1. The average molecular weight is 953 g/mol. The van der Waals surface area contributed by atoms with Crippen LogP contribution >= 0.6 is 0 Å². The molecular formula is C52H56N8O10. The van der Waals surface area contributed by atoms with Gasteiger partial charge in [-0.3, -0.25) is 9.59 Å². The topological polar surface area (TPSA) is 231 Å².